The Morgan fingerprint density at radius 1 is 0.626 bits per heavy atom. The fourth-order valence-corrected chi connectivity index (χ4v) is 17.8. The Kier molecular flexibility index (Phi) is 20.3. The number of aliphatic hydroxyl groups is 13. The van der Waals surface area contributed by atoms with Gasteiger partial charge in [0.1, 0.15) is 84.8 Å². The van der Waals surface area contributed by atoms with Crippen LogP contribution in [0.5, 0.6) is 11.5 Å². The van der Waals surface area contributed by atoms with Gasteiger partial charge in [-0.1, -0.05) is 66.2 Å². The second-order valence-corrected chi connectivity index (χ2v) is 29.1. The molecular formula is C64H96O27. The zero-order valence-electron chi connectivity index (χ0n) is 53.1. The fraction of sp³-hybridized carbons (Fsp3) is 0.828. The molecular weight excluding hydrogens is 1200 g/mol. The Labute approximate surface area is 528 Å². The summed E-state index contributed by atoms with van der Waals surface area (Å²) in [5.41, 5.74) is -2.25. The second-order valence-electron chi connectivity index (χ2n) is 29.1. The Bertz CT molecular complexity index is 2800. The van der Waals surface area contributed by atoms with Gasteiger partial charge in [-0.2, -0.15) is 0 Å². The van der Waals surface area contributed by atoms with Crippen LogP contribution in [0.25, 0.3) is 0 Å². The normalized spacial score (nSPS) is 46.8. The summed E-state index contributed by atoms with van der Waals surface area (Å²) in [5, 5.41) is 141. The average molecular weight is 1300 g/mol. The van der Waals surface area contributed by atoms with Crippen molar-refractivity contribution in [3.8, 4) is 11.5 Å². The number of fused-ring (bicyclic) bond motifs is 7. The zero-order valence-corrected chi connectivity index (χ0v) is 53.1. The number of ether oxygens (including phenoxy) is 11. The molecule has 0 aromatic heterocycles. The summed E-state index contributed by atoms with van der Waals surface area (Å²) in [6.45, 7) is 13.3. The van der Waals surface area contributed by atoms with E-state index in [-0.39, 0.29) is 59.8 Å². The molecule has 13 N–H and O–H groups in total. The summed E-state index contributed by atoms with van der Waals surface area (Å²) in [4.78, 5) is 42.6. The average Bonchev–Trinajstić information content (AvgIpc) is 0.673. The van der Waals surface area contributed by atoms with Crippen molar-refractivity contribution >= 4 is 17.9 Å². The van der Waals surface area contributed by atoms with Crippen molar-refractivity contribution < 1.29 is 133 Å². The van der Waals surface area contributed by atoms with Crippen LogP contribution >= 0.6 is 0 Å². The van der Waals surface area contributed by atoms with E-state index < -0.39 is 194 Å². The predicted octanol–water partition coefficient (Wildman–Crippen LogP) is -0.698. The van der Waals surface area contributed by atoms with Crippen LogP contribution < -0.4 is 9.47 Å². The Balaban J connectivity index is 0.904. The lowest BCUT2D eigenvalue weighted by Gasteiger charge is -2.71. The van der Waals surface area contributed by atoms with Crippen molar-refractivity contribution in [2.24, 2.45) is 50.2 Å². The highest BCUT2D eigenvalue weighted by Gasteiger charge is 2.72. The first-order valence-electron chi connectivity index (χ1n) is 31.9. The van der Waals surface area contributed by atoms with E-state index >= 15 is 4.79 Å². The maximum Gasteiger partial charge on any atom is 0.337 e. The van der Waals surface area contributed by atoms with Crippen LogP contribution in [-0.2, 0) is 63.4 Å². The summed E-state index contributed by atoms with van der Waals surface area (Å²) in [6.07, 6.45) is -27.0. The lowest BCUT2D eigenvalue weighted by molar-refractivity contribution is -0.347. The smallest absolute Gasteiger partial charge is 0.337 e. The van der Waals surface area contributed by atoms with E-state index in [1.54, 1.807) is 6.07 Å². The topological polar surface area (TPSA) is 416 Å². The highest BCUT2D eigenvalue weighted by molar-refractivity contribution is 5.80. The minimum absolute atomic E-state index is 0.0273. The molecule has 4 heterocycles. The Hall–Kier alpha value is -3.79. The minimum atomic E-state index is -1.96. The van der Waals surface area contributed by atoms with Gasteiger partial charge < -0.3 is 118 Å². The number of esters is 3. The number of carbonyl (C=O) groups is 3. The monoisotopic (exact) mass is 1300 g/mol. The number of carbonyl (C=O) groups excluding carboxylic acids is 3. The first-order valence-corrected chi connectivity index (χ1v) is 31.9. The number of rotatable bonds is 16. The Morgan fingerprint density at radius 2 is 1.25 bits per heavy atom. The summed E-state index contributed by atoms with van der Waals surface area (Å²) in [6, 6.07) is 4.52. The fourth-order valence-electron chi connectivity index (χ4n) is 17.8. The van der Waals surface area contributed by atoms with Crippen LogP contribution in [0.1, 0.15) is 118 Å². The van der Waals surface area contributed by atoms with Crippen molar-refractivity contribution in [2.75, 3.05) is 34.0 Å². The molecule has 0 spiro atoms. The molecule has 5 aliphatic carbocycles. The number of hydrogen-bond donors (Lipinski definition) is 13. The standard InChI is InChI=1S/C64H96O27/c1-59(2)20-21-64(30(23-59)29-12-14-37-61(5)18-17-39(87-56-49(78)45(74)46(75)51(90-56)53(79)82-9)60(3,4)36(61)16-19-62(37,6)63(29,7)24-38(64)68)58(80)91-57-52(50(31(67)27-83-57)89-55-48(77)44(73)42(71)35(26-66)86-55)88-40(69)15-11-28-10-13-32(33(22-28)81-8)84-54-47(76)43(72)41(70)34(25-65)85-54/h10,12-13,22,30-31,34-39,41-52,54-57,65-68,70-78H,11,14-21,23-27H2,1-9H3/t30-,31-,34+,35+,36-,37+,38+,39-,41+,42+,43-,44-,45-,46-,47+,48+,49+,50-,51-,52+,54+,55-,56+,57-,61-,62+,63+,64+/m0/s1. The van der Waals surface area contributed by atoms with E-state index in [0.29, 0.717) is 37.7 Å². The third kappa shape index (κ3) is 12.2. The minimum Gasteiger partial charge on any atom is -0.493 e. The molecule has 1 aromatic rings. The molecule has 10 rings (SSSR count). The number of aliphatic hydroxyl groups excluding tert-OH is 13. The third-order valence-electron chi connectivity index (χ3n) is 23.3. The molecule has 27 heteroatoms. The lowest BCUT2D eigenvalue weighted by atomic mass is 9.33. The summed E-state index contributed by atoms with van der Waals surface area (Å²) >= 11 is 0. The van der Waals surface area contributed by atoms with E-state index in [9.17, 15) is 76.0 Å². The van der Waals surface area contributed by atoms with E-state index in [4.69, 9.17) is 52.1 Å². The molecule has 27 nitrogen and oxygen atoms in total. The first-order chi connectivity index (χ1) is 42.8. The molecule has 514 valence electrons. The maximum atomic E-state index is 15.8. The van der Waals surface area contributed by atoms with Gasteiger partial charge in [0, 0.05) is 6.42 Å². The van der Waals surface area contributed by atoms with E-state index in [1.165, 1.54) is 19.2 Å². The summed E-state index contributed by atoms with van der Waals surface area (Å²) in [7, 11) is 2.46. The van der Waals surface area contributed by atoms with Crippen molar-refractivity contribution in [2.45, 2.75) is 248 Å². The van der Waals surface area contributed by atoms with Gasteiger partial charge in [-0.25, -0.2) is 4.79 Å². The summed E-state index contributed by atoms with van der Waals surface area (Å²) in [5.74, 6) is -2.97. The highest BCUT2D eigenvalue weighted by Crippen LogP contribution is 2.76. The van der Waals surface area contributed by atoms with Gasteiger partial charge >= 0.3 is 17.9 Å². The number of aryl methyl sites for hydroxylation is 1. The molecule has 4 saturated carbocycles. The van der Waals surface area contributed by atoms with E-state index in [1.807, 2.05) is 0 Å². The van der Waals surface area contributed by atoms with Crippen LogP contribution in [-0.4, -0.2) is 247 Å². The van der Waals surface area contributed by atoms with Crippen LogP contribution in [0.2, 0.25) is 0 Å². The molecule has 91 heavy (non-hydrogen) atoms. The number of allylic oxidation sites excluding steroid dienone is 2. The summed E-state index contributed by atoms with van der Waals surface area (Å²) < 4.78 is 64.4. The highest BCUT2D eigenvalue weighted by atomic mass is 16.8. The number of benzene rings is 1. The van der Waals surface area contributed by atoms with Crippen LogP contribution in [0.15, 0.2) is 29.8 Å². The first kappa shape index (κ1) is 70.0. The molecule has 4 saturated heterocycles. The number of methoxy groups -OCH3 is 2. The van der Waals surface area contributed by atoms with Crippen molar-refractivity contribution in [1.29, 1.82) is 0 Å². The lowest BCUT2D eigenvalue weighted by Crippen LogP contribution is -2.68. The van der Waals surface area contributed by atoms with Gasteiger partial charge in [-0.3, -0.25) is 9.59 Å². The quantitative estimate of drug-likeness (QED) is 0.0421. The van der Waals surface area contributed by atoms with Crippen LogP contribution in [0, 0.1) is 50.2 Å². The van der Waals surface area contributed by atoms with E-state index in [0.717, 1.165) is 25.5 Å². The van der Waals surface area contributed by atoms with Crippen molar-refractivity contribution in [3.63, 3.8) is 0 Å². The molecule has 8 fully saturated rings. The maximum absolute atomic E-state index is 15.8. The van der Waals surface area contributed by atoms with Gasteiger partial charge in [0.15, 0.2) is 36.3 Å². The molecule has 0 radical (unpaired) electrons. The van der Waals surface area contributed by atoms with Crippen LogP contribution in [0.4, 0.5) is 0 Å². The zero-order chi connectivity index (χ0) is 66.4. The van der Waals surface area contributed by atoms with Gasteiger partial charge in [-0.15, -0.1) is 0 Å². The SMILES string of the molecule is COC(=O)[C@H]1O[C@@H](O[C@H]2CC[C@]3(C)[C@H]4CC=C5[C@@H]6CC(C)(C)CC[C@]6(C(=O)O[C@@H]6OC[C@H](O)[C@H](O[C@@H]7O[C@H](CO)[C@@H](O)[C@H](O)[C@H]7O)[C@H]6OC(=O)CCc6ccc(O[C@@H]7O[C@H](CO)[C@@H](O)[C@H](O)[C@H]7O)c(OC)c6)[C@H](O)C[C@@]5(C)[C@]4(C)CC[C@H]3C2(C)C)[C@H](O)[C@@H](O)[C@@H]1O. The molecule has 28 atom stereocenters. The largest absolute Gasteiger partial charge is 0.493 e. The molecule has 4 aliphatic heterocycles. The molecule has 0 unspecified atom stereocenters. The molecule has 9 aliphatic rings. The van der Waals surface area contributed by atoms with E-state index in [2.05, 4.69) is 54.5 Å². The van der Waals surface area contributed by atoms with Gasteiger partial charge in [0.2, 0.25) is 12.6 Å². The Morgan fingerprint density at radius 3 is 1.89 bits per heavy atom. The molecule has 0 bridgehead atoms. The number of hydrogen-bond acceptors (Lipinski definition) is 27. The predicted molar refractivity (Wildman–Crippen MR) is 310 cm³/mol. The second kappa shape index (κ2) is 26.3. The van der Waals surface area contributed by atoms with Crippen molar-refractivity contribution in [1.82, 2.24) is 0 Å². The van der Waals surface area contributed by atoms with Crippen LogP contribution in [0.3, 0.4) is 0 Å². The molecule has 0 amide bonds. The van der Waals surface area contributed by atoms with Crippen molar-refractivity contribution in [3.05, 3.63) is 35.4 Å². The van der Waals surface area contributed by atoms with Gasteiger partial charge in [0.05, 0.1) is 46.2 Å². The molecule has 1 aromatic carbocycles. The third-order valence-corrected chi connectivity index (χ3v) is 23.3. The van der Waals surface area contributed by atoms with Gasteiger partial charge in [-0.05, 0) is 127 Å². The van der Waals surface area contributed by atoms with Gasteiger partial charge in [0.25, 0.3) is 0 Å².